The molecule has 1 fully saturated rings. The lowest BCUT2D eigenvalue weighted by molar-refractivity contribution is -0.135. The highest BCUT2D eigenvalue weighted by molar-refractivity contribution is 7.09. The van der Waals surface area contributed by atoms with Gasteiger partial charge in [-0.05, 0) is 57.0 Å². The highest BCUT2D eigenvalue weighted by atomic mass is 32.1. The number of rotatable bonds is 4. The quantitative estimate of drug-likeness (QED) is 0.407. The summed E-state index contributed by atoms with van der Waals surface area (Å²) in [6.45, 7) is 4.26. The van der Waals surface area contributed by atoms with Gasteiger partial charge in [0.15, 0.2) is 0 Å². The second-order valence-electron chi connectivity index (χ2n) is 10.5. The topological polar surface area (TPSA) is 113 Å². The van der Waals surface area contributed by atoms with Crippen LogP contribution in [0, 0.1) is 12.3 Å². The third-order valence-electron chi connectivity index (χ3n) is 7.40. The number of piperidine rings is 1. The molecular formula is C31H35N5O4S. The average Bonchev–Trinajstić information content (AvgIpc) is 3.41. The first-order valence-electron chi connectivity index (χ1n) is 13.9. The van der Waals surface area contributed by atoms with E-state index in [1.54, 1.807) is 29.5 Å². The number of benzene rings is 2. The number of thiazole rings is 1. The van der Waals surface area contributed by atoms with Crippen LogP contribution < -0.4 is 20.7 Å². The van der Waals surface area contributed by atoms with E-state index in [-0.39, 0.29) is 30.9 Å². The predicted octanol–water partition coefficient (Wildman–Crippen LogP) is 4.02. The van der Waals surface area contributed by atoms with Crippen LogP contribution in [0.1, 0.15) is 34.6 Å². The number of fused-ring (bicyclic) bond motifs is 1. The van der Waals surface area contributed by atoms with Gasteiger partial charge < -0.3 is 20.7 Å². The molecule has 9 nitrogen and oxygen atoms in total. The molecule has 5 rings (SSSR count). The molecule has 0 radical (unpaired) electrons. The van der Waals surface area contributed by atoms with Crippen LogP contribution in [0.25, 0.3) is 11.3 Å². The highest BCUT2D eigenvalue weighted by Crippen LogP contribution is 2.34. The van der Waals surface area contributed by atoms with Gasteiger partial charge in [0.1, 0.15) is 12.4 Å². The Morgan fingerprint density at radius 1 is 1.12 bits per heavy atom. The van der Waals surface area contributed by atoms with Gasteiger partial charge in [0, 0.05) is 36.3 Å². The number of hydrogen-bond acceptors (Lipinski definition) is 7. The minimum Gasteiger partial charge on any atom is -0.489 e. The van der Waals surface area contributed by atoms with Crippen molar-refractivity contribution in [3.05, 3.63) is 76.6 Å². The van der Waals surface area contributed by atoms with E-state index in [9.17, 15) is 14.4 Å². The van der Waals surface area contributed by atoms with Crippen LogP contribution in [0.3, 0.4) is 0 Å². The van der Waals surface area contributed by atoms with Gasteiger partial charge >= 0.3 is 0 Å². The van der Waals surface area contributed by atoms with Crippen molar-refractivity contribution in [1.29, 1.82) is 0 Å². The summed E-state index contributed by atoms with van der Waals surface area (Å²) in [5.41, 5.74) is 2.35. The average molecular weight is 574 g/mol. The fraction of sp³-hybridized carbons (Fsp3) is 0.355. The Kier molecular flexibility index (Phi) is 9.11. The van der Waals surface area contributed by atoms with Gasteiger partial charge in [0.05, 0.1) is 28.2 Å². The van der Waals surface area contributed by atoms with E-state index >= 15 is 0 Å². The Balaban J connectivity index is 1.24. The van der Waals surface area contributed by atoms with Crippen LogP contribution in [-0.2, 0) is 9.59 Å². The van der Waals surface area contributed by atoms with Crippen molar-refractivity contribution in [2.45, 2.75) is 26.2 Å². The molecule has 0 bridgehead atoms. The van der Waals surface area contributed by atoms with Gasteiger partial charge in [-0.25, -0.2) is 4.98 Å². The first-order valence-corrected chi connectivity index (χ1v) is 14.8. The number of carbonyl (C=O) groups excluding carboxylic acids is 3. The first kappa shape index (κ1) is 28.5. The van der Waals surface area contributed by atoms with Gasteiger partial charge in [0.2, 0.25) is 11.8 Å². The first-order chi connectivity index (χ1) is 19.9. The molecule has 3 aromatic rings. The number of amides is 3. The molecule has 10 heteroatoms. The lowest BCUT2D eigenvalue weighted by Crippen LogP contribution is -2.53. The molecule has 2 aromatic carbocycles. The van der Waals surface area contributed by atoms with Crippen molar-refractivity contribution in [1.82, 2.24) is 20.5 Å². The number of likely N-dealkylation sites (tertiary alicyclic amines) is 1. The van der Waals surface area contributed by atoms with E-state index in [2.05, 4.69) is 25.8 Å². The van der Waals surface area contributed by atoms with Crippen molar-refractivity contribution < 1.29 is 19.1 Å². The van der Waals surface area contributed by atoms with Crippen LogP contribution in [0.5, 0.6) is 5.75 Å². The van der Waals surface area contributed by atoms with E-state index in [0.29, 0.717) is 49.5 Å². The molecule has 214 valence electrons. The molecule has 2 aliphatic rings. The van der Waals surface area contributed by atoms with Crippen LogP contribution >= 0.6 is 11.3 Å². The molecule has 0 aliphatic carbocycles. The summed E-state index contributed by atoms with van der Waals surface area (Å²) in [4.78, 5) is 45.8. The molecule has 1 unspecified atom stereocenters. The number of aryl methyl sites for hydroxylation is 1. The van der Waals surface area contributed by atoms with Crippen LogP contribution in [-0.4, -0.2) is 66.9 Å². The minimum atomic E-state index is -0.677. The molecule has 1 atom stereocenters. The fourth-order valence-corrected chi connectivity index (χ4v) is 6.01. The number of hydrogen-bond donors (Lipinski definition) is 3. The number of para-hydroxylation sites is 1. The third-order valence-corrected chi connectivity index (χ3v) is 8.18. The Morgan fingerprint density at radius 3 is 2.83 bits per heavy atom. The molecular weight excluding hydrogens is 538 g/mol. The summed E-state index contributed by atoms with van der Waals surface area (Å²) < 4.78 is 5.86. The Hall–Kier alpha value is -4.02. The Morgan fingerprint density at radius 2 is 1.98 bits per heavy atom. The maximum atomic E-state index is 13.5. The third kappa shape index (κ3) is 7.20. The van der Waals surface area contributed by atoms with Gasteiger partial charge in [-0.15, -0.1) is 11.3 Å². The minimum absolute atomic E-state index is 0.0638. The Bertz CT molecular complexity index is 1440. The van der Waals surface area contributed by atoms with E-state index in [1.165, 1.54) is 0 Å². The summed E-state index contributed by atoms with van der Waals surface area (Å²) in [6, 6.07) is 14.8. The van der Waals surface area contributed by atoms with Crippen LogP contribution in [0.4, 0.5) is 5.69 Å². The van der Waals surface area contributed by atoms with Crippen molar-refractivity contribution >= 4 is 34.7 Å². The summed E-state index contributed by atoms with van der Waals surface area (Å²) >= 11 is 1.59. The summed E-state index contributed by atoms with van der Waals surface area (Å²) in [7, 11) is 0. The maximum absolute atomic E-state index is 13.5. The zero-order valence-corrected chi connectivity index (χ0v) is 24.0. The predicted molar refractivity (Wildman–Crippen MR) is 160 cm³/mol. The number of nitrogens with zero attached hydrogens (tertiary/aromatic N) is 2. The zero-order chi connectivity index (χ0) is 28.7. The number of aromatic nitrogens is 1. The lowest BCUT2D eigenvalue weighted by Gasteiger charge is -2.41. The second kappa shape index (κ2) is 13.1. The van der Waals surface area contributed by atoms with E-state index in [0.717, 1.165) is 29.2 Å². The fourth-order valence-electron chi connectivity index (χ4n) is 5.39. The normalized spacial score (nSPS) is 21.1. The van der Waals surface area contributed by atoms with Crippen LogP contribution in [0.2, 0.25) is 0 Å². The molecule has 3 heterocycles. The molecule has 41 heavy (non-hydrogen) atoms. The smallest absolute Gasteiger partial charge is 0.255 e. The van der Waals surface area contributed by atoms with Crippen molar-refractivity contribution in [3.8, 4) is 17.0 Å². The lowest BCUT2D eigenvalue weighted by atomic mass is 9.76. The van der Waals surface area contributed by atoms with Crippen molar-refractivity contribution in [2.75, 3.05) is 44.6 Å². The molecule has 3 amide bonds. The molecule has 1 saturated heterocycles. The molecule has 1 aromatic heterocycles. The second-order valence-corrected chi connectivity index (χ2v) is 11.5. The van der Waals surface area contributed by atoms with Crippen molar-refractivity contribution in [3.63, 3.8) is 0 Å². The molecule has 2 aliphatic heterocycles. The number of allylic oxidation sites excluding steroid dienone is 1. The van der Waals surface area contributed by atoms with E-state index in [4.69, 9.17) is 4.74 Å². The molecule has 0 saturated carbocycles. The summed E-state index contributed by atoms with van der Waals surface area (Å²) in [5.74, 6) is 0.0895. The van der Waals surface area contributed by atoms with Gasteiger partial charge in [-0.2, -0.15) is 0 Å². The van der Waals surface area contributed by atoms with Crippen LogP contribution in [0.15, 0.2) is 66.1 Å². The molecule has 1 spiro atoms. The van der Waals surface area contributed by atoms with Crippen molar-refractivity contribution in [2.24, 2.45) is 5.41 Å². The van der Waals surface area contributed by atoms with Gasteiger partial charge in [-0.3, -0.25) is 19.3 Å². The van der Waals surface area contributed by atoms with E-state index in [1.807, 2.05) is 54.8 Å². The highest BCUT2D eigenvalue weighted by Gasteiger charge is 2.41. The monoisotopic (exact) mass is 573 g/mol. The SMILES string of the molecule is Cc1nc(-c2cccc(NC(=O)CN3CCCC4(C/C=C\COc5ccccc5C(=O)NCCNC4=O)C3)c2)cs1. The standard InChI is InChI=1S/C31H35N5O4S/c1-22-34-26(20-41-22)23-8-6-9-24(18-23)35-28(37)19-36-16-7-13-31(21-36)12-4-5-17-40-27-11-3-2-10-25(27)29(38)32-14-15-33-30(31)39/h2-6,8-11,18,20H,7,12-17,19,21H2,1H3,(H,32,38)(H,33,39)(H,35,37)/b5-4-. The largest absolute Gasteiger partial charge is 0.489 e. The number of anilines is 1. The zero-order valence-electron chi connectivity index (χ0n) is 23.2. The van der Waals surface area contributed by atoms with Gasteiger partial charge in [0.25, 0.3) is 5.91 Å². The summed E-state index contributed by atoms with van der Waals surface area (Å²) in [6.07, 6.45) is 5.91. The number of nitrogens with one attached hydrogen (secondary N) is 3. The Labute approximate surface area is 244 Å². The van der Waals surface area contributed by atoms with E-state index < -0.39 is 5.41 Å². The maximum Gasteiger partial charge on any atom is 0.255 e. The number of carbonyl (C=O) groups is 3. The van der Waals surface area contributed by atoms with Gasteiger partial charge in [-0.1, -0.05) is 36.4 Å². The molecule has 3 N–H and O–H groups in total. The summed E-state index contributed by atoms with van der Waals surface area (Å²) in [5, 5.41) is 11.9. The number of ether oxygens (including phenoxy) is 1.